The number of amides is 1. The minimum atomic E-state index is -0.278. The Morgan fingerprint density at radius 3 is 2.50 bits per heavy atom. The highest BCUT2D eigenvalue weighted by Gasteiger charge is 2.16. The third-order valence-electron chi connectivity index (χ3n) is 3.46. The smallest absolute Gasteiger partial charge is 0.259 e. The number of carbonyl (C=O) groups excluding carboxylic acids is 1. The summed E-state index contributed by atoms with van der Waals surface area (Å²) in [6, 6.07) is 12.4. The maximum atomic E-state index is 12.5. The normalized spacial score (nSPS) is 10.2. The molecule has 7 nitrogen and oxygen atoms in total. The van der Waals surface area contributed by atoms with Crippen LogP contribution in [-0.4, -0.2) is 34.9 Å². The van der Waals surface area contributed by atoms with Gasteiger partial charge < -0.3 is 14.8 Å². The van der Waals surface area contributed by atoms with E-state index in [9.17, 15) is 4.79 Å². The number of carbonyl (C=O) groups is 1. The van der Waals surface area contributed by atoms with Gasteiger partial charge in [0.1, 0.15) is 12.7 Å². The zero-order valence-corrected chi connectivity index (χ0v) is 13.3. The standard InChI is InChI=1S/C17H16N4O3/c1-23-15-5-3-4-14(16(15)24-2)17(22)20-12-6-8-13(9-7-12)21-11-18-10-19-21/h3-11H,1-2H3,(H,20,22). The first-order valence-corrected chi connectivity index (χ1v) is 7.20. The van der Waals surface area contributed by atoms with Crippen molar-refractivity contribution in [1.82, 2.24) is 14.8 Å². The molecule has 2 aromatic carbocycles. The van der Waals surface area contributed by atoms with Crippen molar-refractivity contribution >= 4 is 11.6 Å². The van der Waals surface area contributed by atoms with E-state index >= 15 is 0 Å². The van der Waals surface area contributed by atoms with E-state index < -0.39 is 0 Å². The number of ether oxygens (including phenoxy) is 2. The number of benzene rings is 2. The second-order valence-corrected chi connectivity index (χ2v) is 4.88. The molecule has 0 aliphatic heterocycles. The average molecular weight is 324 g/mol. The zero-order valence-electron chi connectivity index (χ0n) is 13.3. The van der Waals surface area contributed by atoms with Crippen molar-refractivity contribution in [3.05, 3.63) is 60.7 Å². The lowest BCUT2D eigenvalue weighted by Gasteiger charge is -2.12. The summed E-state index contributed by atoms with van der Waals surface area (Å²) in [5.74, 6) is 0.627. The van der Waals surface area contributed by atoms with Gasteiger partial charge in [0.25, 0.3) is 5.91 Å². The van der Waals surface area contributed by atoms with Gasteiger partial charge in [-0.3, -0.25) is 4.79 Å². The average Bonchev–Trinajstić information content (AvgIpc) is 3.16. The molecule has 0 aliphatic carbocycles. The number of hydrogen-bond donors (Lipinski definition) is 1. The Labute approximate surface area is 138 Å². The Hall–Kier alpha value is -3.35. The van der Waals surface area contributed by atoms with E-state index in [0.717, 1.165) is 5.69 Å². The van der Waals surface area contributed by atoms with E-state index in [0.29, 0.717) is 22.7 Å². The molecule has 0 spiro atoms. The molecule has 1 N–H and O–H groups in total. The van der Waals surface area contributed by atoms with Gasteiger partial charge >= 0.3 is 0 Å². The summed E-state index contributed by atoms with van der Waals surface area (Å²) in [5.41, 5.74) is 1.91. The molecule has 0 unspecified atom stereocenters. The van der Waals surface area contributed by atoms with Crippen LogP contribution in [0.1, 0.15) is 10.4 Å². The van der Waals surface area contributed by atoms with Gasteiger partial charge in [0.15, 0.2) is 11.5 Å². The van der Waals surface area contributed by atoms with Gasteiger partial charge in [-0.15, -0.1) is 0 Å². The third-order valence-corrected chi connectivity index (χ3v) is 3.46. The minimum absolute atomic E-state index is 0.278. The lowest BCUT2D eigenvalue weighted by Crippen LogP contribution is -2.13. The van der Waals surface area contributed by atoms with Crippen LogP contribution >= 0.6 is 0 Å². The quantitative estimate of drug-likeness (QED) is 0.780. The lowest BCUT2D eigenvalue weighted by molar-refractivity contribution is 0.102. The molecule has 0 saturated carbocycles. The number of methoxy groups -OCH3 is 2. The Balaban J connectivity index is 1.80. The molecule has 0 radical (unpaired) electrons. The lowest BCUT2D eigenvalue weighted by atomic mass is 10.1. The highest BCUT2D eigenvalue weighted by molar-refractivity contribution is 6.06. The summed E-state index contributed by atoms with van der Waals surface area (Å²) in [7, 11) is 3.03. The number of anilines is 1. The topological polar surface area (TPSA) is 78.3 Å². The van der Waals surface area contributed by atoms with Crippen LogP contribution in [0, 0.1) is 0 Å². The fourth-order valence-corrected chi connectivity index (χ4v) is 2.30. The maximum absolute atomic E-state index is 12.5. The molecule has 24 heavy (non-hydrogen) atoms. The molecule has 3 aromatic rings. The Morgan fingerprint density at radius 1 is 1.08 bits per heavy atom. The molecule has 0 fully saturated rings. The van der Waals surface area contributed by atoms with Crippen molar-refractivity contribution in [3.8, 4) is 17.2 Å². The molecule has 7 heteroatoms. The number of nitrogens with one attached hydrogen (secondary N) is 1. The van der Waals surface area contributed by atoms with Crippen LogP contribution in [0.3, 0.4) is 0 Å². The second kappa shape index (κ2) is 6.82. The molecule has 0 aliphatic rings. The molecular formula is C17H16N4O3. The van der Waals surface area contributed by atoms with Gasteiger partial charge in [0, 0.05) is 5.69 Å². The fraction of sp³-hybridized carbons (Fsp3) is 0.118. The molecule has 0 saturated heterocycles. The first-order chi connectivity index (χ1) is 11.7. The van der Waals surface area contributed by atoms with Gasteiger partial charge in [-0.25, -0.2) is 9.67 Å². The van der Waals surface area contributed by atoms with Crippen LogP contribution in [0.2, 0.25) is 0 Å². The number of nitrogens with zero attached hydrogens (tertiary/aromatic N) is 3. The Morgan fingerprint density at radius 2 is 1.88 bits per heavy atom. The molecule has 1 heterocycles. The summed E-state index contributed by atoms with van der Waals surface area (Å²) in [6.07, 6.45) is 3.07. The molecule has 122 valence electrons. The monoisotopic (exact) mass is 324 g/mol. The van der Waals surface area contributed by atoms with Crippen LogP contribution in [-0.2, 0) is 0 Å². The van der Waals surface area contributed by atoms with E-state index in [-0.39, 0.29) is 5.91 Å². The van der Waals surface area contributed by atoms with Crippen molar-refractivity contribution in [2.45, 2.75) is 0 Å². The van der Waals surface area contributed by atoms with Crippen molar-refractivity contribution in [2.75, 3.05) is 19.5 Å². The summed E-state index contributed by atoms with van der Waals surface area (Å²) in [6.45, 7) is 0. The summed E-state index contributed by atoms with van der Waals surface area (Å²) in [5, 5.41) is 6.89. The SMILES string of the molecule is COc1cccc(C(=O)Nc2ccc(-n3cncn3)cc2)c1OC. The van der Waals surface area contributed by atoms with Crippen molar-refractivity contribution in [3.63, 3.8) is 0 Å². The molecule has 1 amide bonds. The van der Waals surface area contributed by atoms with E-state index in [1.807, 2.05) is 12.1 Å². The minimum Gasteiger partial charge on any atom is -0.493 e. The van der Waals surface area contributed by atoms with Crippen LogP contribution in [0.15, 0.2) is 55.1 Å². The van der Waals surface area contributed by atoms with Gasteiger partial charge in [-0.1, -0.05) is 6.07 Å². The predicted octanol–water partition coefficient (Wildman–Crippen LogP) is 2.54. The highest BCUT2D eigenvalue weighted by Crippen LogP contribution is 2.31. The zero-order chi connectivity index (χ0) is 16.9. The molecule has 0 bridgehead atoms. The third kappa shape index (κ3) is 3.05. The predicted molar refractivity (Wildman–Crippen MR) is 88.9 cm³/mol. The summed E-state index contributed by atoms with van der Waals surface area (Å²) < 4.78 is 12.1. The van der Waals surface area contributed by atoms with Gasteiger partial charge in [0.05, 0.1) is 25.5 Å². The Bertz CT molecular complexity index is 830. The number of para-hydroxylation sites is 1. The first kappa shape index (κ1) is 15.5. The first-order valence-electron chi connectivity index (χ1n) is 7.20. The summed E-state index contributed by atoms with van der Waals surface area (Å²) >= 11 is 0. The molecular weight excluding hydrogens is 308 g/mol. The van der Waals surface area contributed by atoms with Crippen LogP contribution in [0.5, 0.6) is 11.5 Å². The van der Waals surface area contributed by atoms with Gasteiger partial charge in [-0.05, 0) is 36.4 Å². The second-order valence-electron chi connectivity index (χ2n) is 4.88. The molecule has 1 aromatic heterocycles. The fourth-order valence-electron chi connectivity index (χ4n) is 2.30. The molecule has 3 rings (SSSR count). The summed E-state index contributed by atoms with van der Waals surface area (Å²) in [4.78, 5) is 16.4. The van der Waals surface area contributed by atoms with E-state index in [1.54, 1.807) is 41.3 Å². The van der Waals surface area contributed by atoms with Gasteiger partial charge in [0.2, 0.25) is 0 Å². The van der Waals surface area contributed by atoms with Crippen molar-refractivity contribution in [1.29, 1.82) is 0 Å². The maximum Gasteiger partial charge on any atom is 0.259 e. The van der Waals surface area contributed by atoms with Crippen molar-refractivity contribution in [2.24, 2.45) is 0 Å². The van der Waals surface area contributed by atoms with Crippen LogP contribution < -0.4 is 14.8 Å². The number of aromatic nitrogens is 3. The number of hydrogen-bond acceptors (Lipinski definition) is 5. The van der Waals surface area contributed by atoms with E-state index in [2.05, 4.69) is 15.4 Å². The van der Waals surface area contributed by atoms with Gasteiger partial charge in [-0.2, -0.15) is 5.10 Å². The van der Waals surface area contributed by atoms with E-state index in [4.69, 9.17) is 9.47 Å². The van der Waals surface area contributed by atoms with Crippen LogP contribution in [0.4, 0.5) is 5.69 Å². The molecule has 0 atom stereocenters. The Kier molecular flexibility index (Phi) is 4.42. The number of rotatable bonds is 5. The van der Waals surface area contributed by atoms with Crippen LogP contribution in [0.25, 0.3) is 5.69 Å². The van der Waals surface area contributed by atoms with Crippen molar-refractivity contribution < 1.29 is 14.3 Å². The largest absolute Gasteiger partial charge is 0.493 e. The highest BCUT2D eigenvalue weighted by atomic mass is 16.5. The van der Waals surface area contributed by atoms with E-state index in [1.165, 1.54) is 20.5 Å².